The van der Waals surface area contributed by atoms with Gasteiger partial charge in [0.2, 0.25) is 0 Å². The van der Waals surface area contributed by atoms with E-state index in [-0.39, 0.29) is 11.8 Å². The summed E-state index contributed by atoms with van der Waals surface area (Å²) in [5.41, 5.74) is 1.63. The number of imide groups is 1. The minimum Gasteiger partial charge on any atom is -0.335 e. The topological polar surface area (TPSA) is 70.6 Å². The minimum absolute atomic E-state index is 0.330. The summed E-state index contributed by atoms with van der Waals surface area (Å²) in [6.07, 6.45) is 0. The highest BCUT2D eigenvalue weighted by Crippen LogP contribution is 2.28. The van der Waals surface area contributed by atoms with Crippen molar-refractivity contribution < 1.29 is 9.59 Å². The third kappa shape index (κ3) is 2.31. The van der Waals surface area contributed by atoms with E-state index in [2.05, 4.69) is 29.5 Å². The molecule has 1 aromatic rings. The molecule has 1 unspecified atom stereocenters. The summed E-state index contributed by atoms with van der Waals surface area (Å²) >= 11 is 1.72. The molecule has 1 atom stereocenters. The SMILES string of the molecule is CC(C)C1CN=C(Nc2ccc3c(c2)C(=O)NC3=O)S1. The van der Waals surface area contributed by atoms with Crippen molar-refractivity contribution in [2.45, 2.75) is 19.1 Å². The van der Waals surface area contributed by atoms with Crippen LogP contribution in [0.1, 0.15) is 34.6 Å². The van der Waals surface area contributed by atoms with Crippen LogP contribution in [0.2, 0.25) is 0 Å². The average molecular weight is 289 g/mol. The molecule has 0 aromatic heterocycles. The molecule has 0 saturated carbocycles. The molecule has 0 bridgehead atoms. The molecular formula is C14H15N3O2S. The van der Waals surface area contributed by atoms with E-state index in [1.807, 2.05) is 0 Å². The first-order chi connectivity index (χ1) is 9.54. The molecule has 3 rings (SSSR count). The number of fused-ring (bicyclic) bond motifs is 1. The van der Waals surface area contributed by atoms with Crippen molar-refractivity contribution in [1.29, 1.82) is 0 Å². The fourth-order valence-corrected chi connectivity index (χ4v) is 3.21. The Labute approximate surface area is 121 Å². The van der Waals surface area contributed by atoms with Gasteiger partial charge in [-0.1, -0.05) is 25.6 Å². The first-order valence-electron chi connectivity index (χ1n) is 6.52. The van der Waals surface area contributed by atoms with Crippen molar-refractivity contribution in [3.8, 4) is 0 Å². The number of carbonyl (C=O) groups is 2. The second-order valence-electron chi connectivity index (χ2n) is 5.21. The monoisotopic (exact) mass is 289 g/mol. The van der Waals surface area contributed by atoms with E-state index < -0.39 is 0 Å². The lowest BCUT2D eigenvalue weighted by atomic mass is 10.1. The standard InChI is InChI=1S/C14H15N3O2S/c1-7(2)11-6-15-14(20-11)16-8-3-4-9-10(5-8)13(19)17-12(9)18/h3-5,7,11H,6H2,1-2H3,(H,15,16)(H,17,18,19). The van der Waals surface area contributed by atoms with Gasteiger partial charge in [0.15, 0.2) is 5.17 Å². The van der Waals surface area contributed by atoms with E-state index in [9.17, 15) is 9.59 Å². The van der Waals surface area contributed by atoms with Crippen LogP contribution in [0.5, 0.6) is 0 Å². The number of benzene rings is 1. The Bertz CT molecular complexity index is 625. The Morgan fingerprint density at radius 2 is 2.05 bits per heavy atom. The number of thioether (sulfide) groups is 1. The molecule has 1 aromatic carbocycles. The van der Waals surface area contributed by atoms with Crippen LogP contribution in [-0.2, 0) is 0 Å². The van der Waals surface area contributed by atoms with Gasteiger partial charge in [-0.25, -0.2) is 0 Å². The van der Waals surface area contributed by atoms with Crippen LogP contribution in [0.25, 0.3) is 0 Å². The van der Waals surface area contributed by atoms with Gasteiger partial charge in [0.1, 0.15) is 0 Å². The first kappa shape index (κ1) is 13.2. The van der Waals surface area contributed by atoms with Gasteiger partial charge in [-0.3, -0.25) is 19.9 Å². The van der Waals surface area contributed by atoms with Gasteiger partial charge in [-0.15, -0.1) is 0 Å². The van der Waals surface area contributed by atoms with Crippen LogP contribution >= 0.6 is 11.8 Å². The molecular weight excluding hydrogens is 274 g/mol. The lowest BCUT2D eigenvalue weighted by molar-refractivity contribution is 0.0879. The normalized spacial score (nSPS) is 20.9. The van der Waals surface area contributed by atoms with Gasteiger partial charge in [0.25, 0.3) is 11.8 Å². The van der Waals surface area contributed by atoms with Gasteiger partial charge < -0.3 is 5.32 Å². The Balaban J connectivity index is 1.76. The molecule has 5 nitrogen and oxygen atoms in total. The molecule has 2 aliphatic heterocycles. The molecule has 6 heteroatoms. The molecule has 0 fully saturated rings. The third-order valence-corrected chi connectivity index (χ3v) is 4.86. The number of amidine groups is 1. The van der Waals surface area contributed by atoms with Crippen molar-refractivity contribution in [3.63, 3.8) is 0 Å². The van der Waals surface area contributed by atoms with Gasteiger partial charge in [-0.2, -0.15) is 0 Å². The summed E-state index contributed by atoms with van der Waals surface area (Å²) < 4.78 is 0. The number of amides is 2. The maximum Gasteiger partial charge on any atom is 0.259 e. The molecule has 0 spiro atoms. The summed E-state index contributed by atoms with van der Waals surface area (Å²) in [4.78, 5) is 27.5. The Morgan fingerprint density at radius 1 is 1.30 bits per heavy atom. The Morgan fingerprint density at radius 3 is 2.75 bits per heavy atom. The molecule has 0 radical (unpaired) electrons. The lowest BCUT2D eigenvalue weighted by Crippen LogP contribution is -2.19. The van der Waals surface area contributed by atoms with Crippen LogP contribution in [-0.4, -0.2) is 28.8 Å². The number of nitrogens with one attached hydrogen (secondary N) is 2. The van der Waals surface area contributed by atoms with Gasteiger partial charge in [-0.05, 0) is 24.1 Å². The molecule has 2 aliphatic rings. The van der Waals surface area contributed by atoms with Gasteiger partial charge >= 0.3 is 0 Å². The summed E-state index contributed by atoms with van der Waals surface area (Å²) in [5.74, 6) is -0.0924. The molecule has 2 heterocycles. The van der Waals surface area contributed by atoms with Gasteiger partial charge in [0.05, 0.1) is 17.7 Å². The van der Waals surface area contributed by atoms with Gasteiger partial charge in [0, 0.05) is 10.9 Å². The van der Waals surface area contributed by atoms with Crippen molar-refractivity contribution in [2.75, 3.05) is 11.9 Å². The van der Waals surface area contributed by atoms with E-state index in [1.54, 1.807) is 30.0 Å². The van der Waals surface area contributed by atoms with E-state index in [0.717, 1.165) is 17.4 Å². The zero-order chi connectivity index (χ0) is 14.3. The maximum atomic E-state index is 11.6. The third-order valence-electron chi connectivity index (χ3n) is 3.41. The van der Waals surface area contributed by atoms with Crippen LogP contribution in [0.3, 0.4) is 0 Å². The first-order valence-corrected chi connectivity index (χ1v) is 7.40. The van der Waals surface area contributed by atoms with Crippen LogP contribution in [0.15, 0.2) is 23.2 Å². The van der Waals surface area contributed by atoms with Crippen LogP contribution in [0.4, 0.5) is 5.69 Å². The number of anilines is 1. The highest BCUT2D eigenvalue weighted by molar-refractivity contribution is 8.15. The molecule has 0 aliphatic carbocycles. The number of carbonyl (C=O) groups excluding carboxylic acids is 2. The highest BCUT2D eigenvalue weighted by Gasteiger charge is 2.27. The molecule has 104 valence electrons. The number of aliphatic imine (C=N–C) groups is 1. The van der Waals surface area contributed by atoms with Crippen molar-refractivity contribution >= 4 is 34.4 Å². The van der Waals surface area contributed by atoms with E-state index >= 15 is 0 Å². The fraction of sp³-hybridized carbons (Fsp3) is 0.357. The zero-order valence-electron chi connectivity index (χ0n) is 11.3. The Kier molecular flexibility index (Phi) is 3.25. The van der Waals surface area contributed by atoms with Crippen molar-refractivity contribution in [1.82, 2.24) is 5.32 Å². The number of rotatable bonds is 2. The number of hydrogen-bond donors (Lipinski definition) is 2. The lowest BCUT2D eigenvalue weighted by Gasteiger charge is -2.12. The second-order valence-corrected chi connectivity index (χ2v) is 6.44. The number of hydrogen-bond acceptors (Lipinski definition) is 5. The van der Waals surface area contributed by atoms with E-state index in [0.29, 0.717) is 22.3 Å². The maximum absolute atomic E-state index is 11.6. The van der Waals surface area contributed by atoms with E-state index in [1.165, 1.54) is 0 Å². The molecule has 2 N–H and O–H groups in total. The zero-order valence-corrected chi connectivity index (χ0v) is 12.1. The summed E-state index contributed by atoms with van der Waals surface area (Å²) in [6.45, 7) is 5.18. The fourth-order valence-electron chi connectivity index (χ4n) is 2.18. The van der Waals surface area contributed by atoms with Crippen molar-refractivity contribution in [2.24, 2.45) is 10.9 Å². The average Bonchev–Trinajstić information content (AvgIpc) is 2.96. The smallest absolute Gasteiger partial charge is 0.259 e. The summed E-state index contributed by atoms with van der Waals surface area (Å²) in [7, 11) is 0. The van der Waals surface area contributed by atoms with Crippen LogP contribution in [0, 0.1) is 5.92 Å². The van der Waals surface area contributed by atoms with Crippen molar-refractivity contribution in [3.05, 3.63) is 29.3 Å². The Hall–Kier alpha value is -1.82. The summed E-state index contributed by atoms with van der Waals surface area (Å²) in [6, 6.07) is 5.15. The predicted molar refractivity (Wildman–Crippen MR) is 80.4 cm³/mol. The number of nitrogens with zero attached hydrogens (tertiary/aromatic N) is 1. The highest BCUT2D eigenvalue weighted by atomic mass is 32.2. The van der Waals surface area contributed by atoms with Crippen LogP contribution < -0.4 is 10.6 Å². The molecule has 20 heavy (non-hydrogen) atoms. The predicted octanol–water partition coefficient (Wildman–Crippen LogP) is 2.11. The quantitative estimate of drug-likeness (QED) is 0.818. The summed E-state index contributed by atoms with van der Waals surface area (Å²) in [5, 5.41) is 6.86. The second kappa shape index (κ2) is 4.94. The van der Waals surface area contributed by atoms with E-state index in [4.69, 9.17) is 0 Å². The molecule has 2 amide bonds. The largest absolute Gasteiger partial charge is 0.335 e. The molecule has 0 saturated heterocycles. The minimum atomic E-state index is -0.338.